The molecule has 2 N–H and O–H groups in total. The Morgan fingerprint density at radius 1 is 1.00 bits per heavy atom. The molecule has 0 spiro atoms. The summed E-state index contributed by atoms with van der Waals surface area (Å²) in [5.41, 5.74) is 2.77. The lowest BCUT2D eigenvalue weighted by Gasteiger charge is -2.15. The highest BCUT2D eigenvalue weighted by atomic mass is 16.5. The van der Waals surface area contributed by atoms with Gasteiger partial charge in [-0.05, 0) is 36.6 Å². The van der Waals surface area contributed by atoms with Crippen molar-refractivity contribution in [3.63, 3.8) is 0 Å². The molecule has 0 saturated carbocycles. The Morgan fingerprint density at radius 3 is 2.42 bits per heavy atom. The molecule has 2 aromatic carbocycles. The maximum Gasteiger partial charge on any atom is 0.243 e. The van der Waals surface area contributed by atoms with Crippen LogP contribution in [-0.4, -0.2) is 32.3 Å². The molecule has 0 atom stereocenters. The summed E-state index contributed by atoms with van der Waals surface area (Å²) in [4.78, 5) is 12.3. The van der Waals surface area contributed by atoms with E-state index in [4.69, 9.17) is 9.47 Å². The third-order valence-corrected chi connectivity index (χ3v) is 3.87. The Hall–Kier alpha value is -2.53. The molecule has 0 bridgehead atoms. The number of benzene rings is 2. The van der Waals surface area contributed by atoms with Crippen LogP contribution in [0.4, 0.5) is 11.4 Å². The summed E-state index contributed by atoms with van der Waals surface area (Å²) >= 11 is 0. The highest BCUT2D eigenvalue weighted by molar-refractivity contribution is 5.94. The van der Waals surface area contributed by atoms with Crippen molar-refractivity contribution in [2.75, 3.05) is 37.0 Å². The number of para-hydroxylation sites is 3. The fourth-order valence-corrected chi connectivity index (χ4v) is 2.58. The van der Waals surface area contributed by atoms with Gasteiger partial charge in [0.2, 0.25) is 5.91 Å². The summed E-state index contributed by atoms with van der Waals surface area (Å²) in [7, 11) is 0. The van der Waals surface area contributed by atoms with Crippen LogP contribution in [0.2, 0.25) is 0 Å². The van der Waals surface area contributed by atoms with E-state index in [1.807, 2.05) is 55.5 Å². The van der Waals surface area contributed by atoms with Crippen molar-refractivity contribution in [3.05, 3.63) is 54.1 Å². The zero-order valence-electron chi connectivity index (χ0n) is 15.7. The summed E-state index contributed by atoms with van der Waals surface area (Å²) < 4.78 is 11.0. The third kappa shape index (κ3) is 6.08. The van der Waals surface area contributed by atoms with Crippen LogP contribution in [0.5, 0.6) is 5.75 Å². The monoisotopic (exact) mass is 356 g/mol. The zero-order valence-corrected chi connectivity index (χ0v) is 15.7. The van der Waals surface area contributed by atoms with Crippen molar-refractivity contribution in [2.24, 2.45) is 0 Å². The van der Waals surface area contributed by atoms with Gasteiger partial charge in [0.05, 0.1) is 18.8 Å². The van der Waals surface area contributed by atoms with Crippen LogP contribution in [0.1, 0.15) is 32.3 Å². The van der Waals surface area contributed by atoms with E-state index in [1.54, 1.807) is 0 Å². The summed E-state index contributed by atoms with van der Waals surface area (Å²) in [6.45, 7) is 8.01. The summed E-state index contributed by atoms with van der Waals surface area (Å²) in [6.07, 6.45) is 0. The maximum atomic E-state index is 12.3. The lowest BCUT2D eigenvalue weighted by atomic mass is 10.0. The van der Waals surface area contributed by atoms with Gasteiger partial charge in [0.1, 0.15) is 12.4 Å². The second-order valence-corrected chi connectivity index (χ2v) is 6.19. The van der Waals surface area contributed by atoms with Crippen molar-refractivity contribution in [1.82, 2.24) is 0 Å². The molecule has 0 heterocycles. The van der Waals surface area contributed by atoms with Crippen LogP contribution in [0.25, 0.3) is 0 Å². The van der Waals surface area contributed by atoms with Crippen LogP contribution >= 0.6 is 0 Å². The van der Waals surface area contributed by atoms with E-state index in [9.17, 15) is 4.79 Å². The summed E-state index contributed by atoms with van der Waals surface area (Å²) in [5, 5.41) is 6.12. The minimum atomic E-state index is -0.0952. The Balaban J connectivity index is 1.91. The van der Waals surface area contributed by atoms with Crippen molar-refractivity contribution in [3.8, 4) is 5.75 Å². The number of amides is 1. The van der Waals surface area contributed by atoms with Crippen molar-refractivity contribution in [1.29, 1.82) is 0 Å². The number of hydrogen-bond acceptors (Lipinski definition) is 4. The third-order valence-electron chi connectivity index (χ3n) is 3.87. The molecule has 5 heteroatoms. The first kappa shape index (κ1) is 19.8. The van der Waals surface area contributed by atoms with Crippen LogP contribution in [0.15, 0.2) is 48.5 Å². The van der Waals surface area contributed by atoms with E-state index in [0.29, 0.717) is 31.5 Å². The second kappa shape index (κ2) is 10.5. The fourth-order valence-electron chi connectivity index (χ4n) is 2.58. The van der Waals surface area contributed by atoms with E-state index in [1.165, 1.54) is 0 Å². The smallest absolute Gasteiger partial charge is 0.243 e. The molecule has 0 saturated heterocycles. The average molecular weight is 356 g/mol. The van der Waals surface area contributed by atoms with Gasteiger partial charge in [-0.1, -0.05) is 44.2 Å². The van der Waals surface area contributed by atoms with E-state index < -0.39 is 0 Å². The van der Waals surface area contributed by atoms with Gasteiger partial charge in [0.15, 0.2) is 0 Å². The van der Waals surface area contributed by atoms with Gasteiger partial charge in [-0.15, -0.1) is 0 Å². The summed E-state index contributed by atoms with van der Waals surface area (Å²) in [6, 6.07) is 15.5. The fraction of sp³-hybridized carbons (Fsp3) is 0.381. The Kier molecular flexibility index (Phi) is 7.96. The molecule has 140 valence electrons. The molecule has 0 aliphatic rings. The molecule has 26 heavy (non-hydrogen) atoms. The lowest BCUT2D eigenvalue weighted by molar-refractivity contribution is -0.114. The van der Waals surface area contributed by atoms with Gasteiger partial charge >= 0.3 is 0 Å². The van der Waals surface area contributed by atoms with Gasteiger partial charge in [-0.3, -0.25) is 4.79 Å². The van der Waals surface area contributed by atoms with Crippen LogP contribution < -0.4 is 15.4 Å². The first-order valence-corrected chi connectivity index (χ1v) is 9.04. The number of ether oxygens (including phenoxy) is 2. The second-order valence-electron chi connectivity index (χ2n) is 6.19. The van der Waals surface area contributed by atoms with Crippen LogP contribution in [-0.2, 0) is 9.53 Å². The van der Waals surface area contributed by atoms with Crippen molar-refractivity contribution in [2.45, 2.75) is 26.7 Å². The molecular weight excluding hydrogens is 328 g/mol. The van der Waals surface area contributed by atoms with E-state index in [0.717, 1.165) is 16.9 Å². The SMILES string of the molecule is CCOCCOc1ccccc1NCC(=O)Nc1ccccc1C(C)C. The molecule has 0 unspecified atom stereocenters. The standard InChI is InChI=1S/C21H28N2O3/c1-4-25-13-14-26-20-12-8-7-11-19(20)22-15-21(24)23-18-10-6-5-9-17(18)16(2)3/h5-12,16,22H,4,13-15H2,1-3H3,(H,23,24). The van der Waals surface area contributed by atoms with Crippen LogP contribution in [0.3, 0.4) is 0 Å². The Bertz CT molecular complexity index is 701. The molecule has 0 aromatic heterocycles. The molecule has 5 nitrogen and oxygen atoms in total. The normalized spacial score (nSPS) is 10.6. The summed E-state index contributed by atoms with van der Waals surface area (Å²) in [5.74, 6) is 0.962. The van der Waals surface area contributed by atoms with Crippen molar-refractivity contribution < 1.29 is 14.3 Å². The predicted octanol–water partition coefficient (Wildman–Crippen LogP) is 4.28. The largest absolute Gasteiger partial charge is 0.489 e. The molecule has 0 aliphatic carbocycles. The number of hydrogen-bond donors (Lipinski definition) is 2. The minimum absolute atomic E-state index is 0.0952. The van der Waals surface area contributed by atoms with E-state index in [-0.39, 0.29) is 12.5 Å². The van der Waals surface area contributed by atoms with Gasteiger partial charge < -0.3 is 20.1 Å². The quantitative estimate of drug-likeness (QED) is 0.624. The molecule has 0 fully saturated rings. The lowest BCUT2D eigenvalue weighted by Crippen LogP contribution is -2.22. The van der Waals surface area contributed by atoms with E-state index >= 15 is 0 Å². The number of rotatable bonds is 10. The molecule has 2 rings (SSSR count). The van der Waals surface area contributed by atoms with E-state index in [2.05, 4.69) is 24.5 Å². The number of carbonyl (C=O) groups is 1. The molecule has 0 aliphatic heterocycles. The first-order chi connectivity index (χ1) is 12.6. The maximum absolute atomic E-state index is 12.3. The topological polar surface area (TPSA) is 59.6 Å². The van der Waals surface area contributed by atoms with Gasteiger partial charge in [-0.2, -0.15) is 0 Å². The number of nitrogens with one attached hydrogen (secondary N) is 2. The highest BCUT2D eigenvalue weighted by Gasteiger charge is 2.10. The van der Waals surface area contributed by atoms with Gasteiger partial charge in [-0.25, -0.2) is 0 Å². The minimum Gasteiger partial charge on any atom is -0.489 e. The number of carbonyl (C=O) groups excluding carboxylic acids is 1. The zero-order chi connectivity index (χ0) is 18.8. The molecular formula is C21H28N2O3. The Labute approximate surface area is 155 Å². The first-order valence-electron chi connectivity index (χ1n) is 9.04. The predicted molar refractivity (Wildman–Crippen MR) is 106 cm³/mol. The molecule has 0 radical (unpaired) electrons. The number of anilines is 2. The van der Waals surface area contributed by atoms with Crippen molar-refractivity contribution >= 4 is 17.3 Å². The van der Waals surface area contributed by atoms with Gasteiger partial charge in [0, 0.05) is 12.3 Å². The Morgan fingerprint density at radius 2 is 1.69 bits per heavy atom. The molecule has 1 amide bonds. The van der Waals surface area contributed by atoms with Gasteiger partial charge in [0.25, 0.3) is 0 Å². The molecule has 2 aromatic rings. The average Bonchev–Trinajstić information content (AvgIpc) is 2.64. The highest BCUT2D eigenvalue weighted by Crippen LogP contribution is 2.25. The van der Waals surface area contributed by atoms with Crippen LogP contribution in [0, 0.1) is 0 Å².